The van der Waals surface area contributed by atoms with Crippen LogP contribution in [0.3, 0.4) is 0 Å². The molecule has 0 radical (unpaired) electrons. The molecule has 1 rings (SSSR count). The van der Waals surface area contributed by atoms with Crippen LogP contribution in [0.1, 0.15) is 38.2 Å². The minimum absolute atomic E-state index is 0.242. The molecule has 1 N–H and O–H groups in total. The Kier molecular flexibility index (Phi) is 5.49. The summed E-state index contributed by atoms with van der Waals surface area (Å²) < 4.78 is 7.55. The van der Waals surface area contributed by atoms with Crippen molar-refractivity contribution in [3.8, 4) is 0 Å². The quantitative estimate of drug-likeness (QED) is 0.770. The highest BCUT2D eigenvalue weighted by atomic mass is 16.5. The number of hydrogen-bond acceptors (Lipinski definition) is 3. The lowest BCUT2D eigenvalue weighted by Gasteiger charge is -2.18. The fourth-order valence-electron chi connectivity index (χ4n) is 1.83. The summed E-state index contributed by atoms with van der Waals surface area (Å²) in [5.41, 5.74) is 2.28. The van der Waals surface area contributed by atoms with Crippen LogP contribution in [0.25, 0.3) is 0 Å². The van der Waals surface area contributed by atoms with Crippen LogP contribution in [0.2, 0.25) is 0 Å². The lowest BCUT2D eigenvalue weighted by atomic mass is 10.2. The van der Waals surface area contributed by atoms with E-state index in [1.807, 2.05) is 18.5 Å². The molecule has 0 amide bonds. The maximum absolute atomic E-state index is 5.51. The Bertz CT molecular complexity index is 309. The molecule has 1 atom stereocenters. The summed E-state index contributed by atoms with van der Waals surface area (Å²) in [6.45, 7) is 11.6. The van der Waals surface area contributed by atoms with E-state index in [9.17, 15) is 0 Å². The summed E-state index contributed by atoms with van der Waals surface area (Å²) in [7, 11) is 0. The average Bonchev–Trinajstić information content (AvgIpc) is 2.65. The predicted octanol–water partition coefficient (Wildman–Crippen LogP) is 1.90. The van der Waals surface area contributed by atoms with Crippen molar-refractivity contribution in [2.24, 2.45) is 0 Å². The molecule has 4 nitrogen and oxygen atoms in total. The Morgan fingerprint density at radius 2 is 2.19 bits per heavy atom. The van der Waals surface area contributed by atoms with Crippen LogP contribution in [0.4, 0.5) is 0 Å². The lowest BCUT2D eigenvalue weighted by Crippen LogP contribution is -2.27. The predicted molar refractivity (Wildman–Crippen MR) is 65.5 cm³/mol. The molecule has 0 spiro atoms. The highest BCUT2D eigenvalue weighted by molar-refractivity contribution is 5.13. The van der Waals surface area contributed by atoms with E-state index in [2.05, 4.69) is 30.3 Å². The van der Waals surface area contributed by atoms with Gasteiger partial charge in [0.15, 0.2) is 0 Å². The van der Waals surface area contributed by atoms with E-state index in [0.29, 0.717) is 6.61 Å². The van der Waals surface area contributed by atoms with Gasteiger partial charge in [-0.3, -0.25) is 4.68 Å². The molecular formula is C12H23N3O. The van der Waals surface area contributed by atoms with Crippen molar-refractivity contribution >= 4 is 0 Å². The van der Waals surface area contributed by atoms with Crippen LogP contribution in [-0.4, -0.2) is 29.5 Å². The third kappa shape index (κ3) is 3.32. The van der Waals surface area contributed by atoms with Gasteiger partial charge < -0.3 is 10.1 Å². The van der Waals surface area contributed by atoms with Gasteiger partial charge in [0.05, 0.1) is 24.0 Å². The number of nitrogens with one attached hydrogen (secondary N) is 1. The molecule has 1 aromatic rings. The summed E-state index contributed by atoms with van der Waals surface area (Å²) in [5, 5.41) is 7.90. The minimum atomic E-state index is 0.242. The van der Waals surface area contributed by atoms with Crippen molar-refractivity contribution in [2.75, 3.05) is 19.8 Å². The van der Waals surface area contributed by atoms with Gasteiger partial charge in [0.1, 0.15) is 0 Å². The van der Waals surface area contributed by atoms with Gasteiger partial charge in [-0.25, -0.2) is 0 Å². The van der Waals surface area contributed by atoms with Gasteiger partial charge >= 0.3 is 0 Å². The SMILES string of the molecule is CCNC(COCC)c1cc(C)nn1CC. The van der Waals surface area contributed by atoms with E-state index in [1.54, 1.807) is 0 Å². The third-order valence-corrected chi connectivity index (χ3v) is 2.53. The van der Waals surface area contributed by atoms with Gasteiger partial charge in [-0.1, -0.05) is 6.92 Å². The van der Waals surface area contributed by atoms with Crippen molar-refractivity contribution in [1.29, 1.82) is 0 Å². The molecule has 0 bridgehead atoms. The van der Waals surface area contributed by atoms with Crippen molar-refractivity contribution in [3.63, 3.8) is 0 Å². The number of ether oxygens (including phenoxy) is 1. The van der Waals surface area contributed by atoms with Gasteiger partial charge in [0.25, 0.3) is 0 Å². The minimum Gasteiger partial charge on any atom is -0.380 e. The van der Waals surface area contributed by atoms with Gasteiger partial charge in [-0.2, -0.15) is 5.10 Å². The number of likely N-dealkylation sites (N-methyl/N-ethyl adjacent to an activating group) is 1. The molecule has 0 aliphatic heterocycles. The monoisotopic (exact) mass is 225 g/mol. The maximum Gasteiger partial charge on any atom is 0.0729 e. The van der Waals surface area contributed by atoms with Crippen molar-refractivity contribution < 1.29 is 4.74 Å². The lowest BCUT2D eigenvalue weighted by molar-refractivity contribution is 0.121. The Labute approximate surface area is 98.0 Å². The normalized spacial score (nSPS) is 13.0. The van der Waals surface area contributed by atoms with E-state index in [4.69, 9.17) is 4.74 Å². The van der Waals surface area contributed by atoms with E-state index in [-0.39, 0.29) is 6.04 Å². The average molecular weight is 225 g/mol. The van der Waals surface area contributed by atoms with Crippen molar-refractivity contribution in [2.45, 2.75) is 40.3 Å². The van der Waals surface area contributed by atoms with Crippen LogP contribution in [-0.2, 0) is 11.3 Å². The van der Waals surface area contributed by atoms with Crippen molar-refractivity contribution in [1.82, 2.24) is 15.1 Å². The summed E-state index contributed by atoms with van der Waals surface area (Å²) >= 11 is 0. The molecule has 1 heterocycles. The zero-order valence-corrected chi connectivity index (χ0v) is 10.8. The number of nitrogens with zero attached hydrogens (tertiary/aromatic N) is 2. The molecule has 4 heteroatoms. The first-order valence-electron chi connectivity index (χ1n) is 6.08. The number of rotatable bonds is 7. The van der Waals surface area contributed by atoms with Crippen LogP contribution < -0.4 is 5.32 Å². The summed E-state index contributed by atoms with van der Waals surface area (Å²) in [6, 6.07) is 2.38. The summed E-state index contributed by atoms with van der Waals surface area (Å²) in [4.78, 5) is 0. The maximum atomic E-state index is 5.51. The molecule has 1 unspecified atom stereocenters. The summed E-state index contributed by atoms with van der Waals surface area (Å²) in [6.07, 6.45) is 0. The first-order chi connectivity index (χ1) is 7.72. The molecule has 0 saturated heterocycles. The molecule has 0 fully saturated rings. The molecule has 92 valence electrons. The van der Waals surface area contributed by atoms with Gasteiger partial charge in [-0.05, 0) is 33.4 Å². The molecule has 0 saturated carbocycles. The molecule has 1 aromatic heterocycles. The topological polar surface area (TPSA) is 39.1 Å². The van der Waals surface area contributed by atoms with Gasteiger partial charge in [-0.15, -0.1) is 0 Å². The number of aromatic nitrogens is 2. The molecule has 0 aliphatic carbocycles. The molecule has 0 aliphatic rings. The number of aryl methyl sites for hydroxylation is 2. The van der Waals surface area contributed by atoms with Crippen LogP contribution in [0.15, 0.2) is 6.07 Å². The second-order valence-electron chi connectivity index (χ2n) is 3.80. The smallest absolute Gasteiger partial charge is 0.0729 e. The highest BCUT2D eigenvalue weighted by Crippen LogP contribution is 2.15. The Balaban J connectivity index is 2.81. The first-order valence-corrected chi connectivity index (χ1v) is 6.08. The fourth-order valence-corrected chi connectivity index (χ4v) is 1.83. The van der Waals surface area contributed by atoms with Gasteiger partial charge in [0, 0.05) is 13.2 Å². The van der Waals surface area contributed by atoms with Gasteiger partial charge in [0.2, 0.25) is 0 Å². The fraction of sp³-hybridized carbons (Fsp3) is 0.750. The summed E-state index contributed by atoms with van der Waals surface area (Å²) in [5.74, 6) is 0. The van der Waals surface area contributed by atoms with Crippen LogP contribution >= 0.6 is 0 Å². The van der Waals surface area contributed by atoms with E-state index in [1.165, 1.54) is 5.69 Å². The highest BCUT2D eigenvalue weighted by Gasteiger charge is 2.15. The zero-order chi connectivity index (χ0) is 12.0. The van der Waals surface area contributed by atoms with Crippen LogP contribution in [0, 0.1) is 6.92 Å². The van der Waals surface area contributed by atoms with Crippen LogP contribution in [0.5, 0.6) is 0 Å². The van der Waals surface area contributed by atoms with E-state index < -0.39 is 0 Å². The number of hydrogen-bond donors (Lipinski definition) is 1. The largest absolute Gasteiger partial charge is 0.380 e. The first kappa shape index (κ1) is 13.2. The Morgan fingerprint density at radius 3 is 2.75 bits per heavy atom. The standard InChI is InChI=1S/C12H23N3O/c1-5-13-11(9-16-7-3)12-8-10(4)14-15(12)6-2/h8,11,13H,5-7,9H2,1-4H3. The molecule has 16 heavy (non-hydrogen) atoms. The molecular weight excluding hydrogens is 202 g/mol. The second kappa shape index (κ2) is 6.66. The third-order valence-electron chi connectivity index (χ3n) is 2.53. The second-order valence-corrected chi connectivity index (χ2v) is 3.80. The van der Waals surface area contributed by atoms with E-state index >= 15 is 0 Å². The molecule has 0 aromatic carbocycles. The Hall–Kier alpha value is -0.870. The van der Waals surface area contributed by atoms with E-state index in [0.717, 1.165) is 25.4 Å². The zero-order valence-electron chi connectivity index (χ0n) is 10.8. The Morgan fingerprint density at radius 1 is 1.44 bits per heavy atom. The van der Waals surface area contributed by atoms with Crippen molar-refractivity contribution in [3.05, 3.63) is 17.5 Å².